The lowest BCUT2D eigenvalue weighted by atomic mass is 9.81. The predicted octanol–water partition coefficient (Wildman–Crippen LogP) is 6.73. The zero-order chi connectivity index (χ0) is 21.4. The highest BCUT2D eigenvalue weighted by molar-refractivity contribution is 5.46. The second kappa shape index (κ2) is 7.81. The maximum atomic E-state index is 10.4. The highest BCUT2D eigenvalue weighted by Crippen LogP contribution is 2.35. The average molecular weight is 383 g/mol. The zero-order valence-corrected chi connectivity index (χ0v) is 19.2. The van der Waals surface area contributed by atoms with Crippen molar-refractivity contribution in [3.05, 3.63) is 57.6 Å². The Balaban J connectivity index is 2.29. The molecule has 0 fully saturated rings. The first-order valence-electron chi connectivity index (χ1n) is 10.4. The monoisotopic (exact) mass is 382 g/mol. The fourth-order valence-corrected chi connectivity index (χ4v) is 3.94. The van der Waals surface area contributed by atoms with Crippen LogP contribution in [0.5, 0.6) is 11.5 Å². The normalized spacial score (nSPS) is 12.6. The molecule has 0 heterocycles. The van der Waals surface area contributed by atoms with Crippen molar-refractivity contribution in [2.75, 3.05) is 0 Å². The maximum Gasteiger partial charge on any atom is 0.119 e. The molecule has 0 radical (unpaired) electrons. The van der Waals surface area contributed by atoms with Crippen LogP contribution in [-0.4, -0.2) is 10.2 Å². The minimum atomic E-state index is -0.0784. The Morgan fingerprint density at radius 1 is 0.679 bits per heavy atom. The van der Waals surface area contributed by atoms with E-state index >= 15 is 0 Å². The quantitative estimate of drug-likeness (QED) is 0.615. The van der Waals surface area contributed by atoms with Crippen LogP contribution < -0.4 is 0 Å². The van der Waals surface area contributed by atoms with E-state index in [1.165, 1.54) is 11.1 Å². The van der Waals surface area contributed by atoms with Crippen LogP contribution in [0.2, 0.25) is 0 Å². The van der Waals surface area contributed by atoms with Gasteiger partial charge in [-0.3, -0.25) is 0 Å². The molecule has 2 aromatic rings. The second-order valence-corrected chi connectivity index (χ2v) is 10.6. The summed E-state index contributed by atoms with van der Waals surface area (Å²) in [5.74, 6) is 1.25. The van der Waals surface area contributed by atoms with Gasteiger partial charge in [-0.05, 0) is 89.0 Å². The summed E-state index contributed by atoms with van der Waals surface area (Å²) in [5, 5.41) is 20.7. The third kappa shape index (κ3) is 5.10. The van der Waals surface area contributed by atoms with Crippen molar-refractivity contribution in [1.82, 2.24) is 0 Å². The van der Waals surface area contributed by atoms with E-state index in [4.69, 9.17) is 0 Å². The molecule has 0 aliphatic carbocycles. The topological polar surface area (TPSA) is 40.5 Å². The van der Waals surface area contributed by atoms with Crippen molar-refractivity contribution in [3.63, 3.8) is 0 Å². The average Bonchev–Trinajstić information content (AvgIpc) is 2.50. The van der Waals surface area contributed by atoms with Gasteiger partial charge in [0.25, 0.3) is 0 Å². The van der Waals surface area contributed by atoms with Crippen LogP contribution in [0.3, 0.4) is 0 Å². The molecule has 154 valence electrons. The number of aromatic hydroxyl groups is 2. The highest BCUT2D eigenvalue weighted by atomic mass is 16.3. The summed E-state index contributed by atoms with van der Waals surface area (Å²) in [6.07, 6.45) is 1.95. The Kier molecular flexibility index (Phi) is 6.23. The van der Waals surface area contributed by atoms with Crippen molar-refractivity contribution >= 4 is 0 Å². The van der Waals surface area contributed by atoms with Crippen LogP contribution in [0.1, 0.15) is 81.8 Å². The van der Waals surface area contributed by atoms with E-state index in [1.54, 1.807) is 0 Å². The molecular formula is C26H38O2. The van der Waals surface area contributed by atoms with E-state index in [2.05, 4.69) is 74.4 Å². The van der Waals surface area contributed by atoms with Gasteiger partial charge in [-0.2, -0.15) is 0 Å². The zero-order valence-electron chi connectivity index (χ0n) is 19.2. The van der Waals surface area contributed by atoms with E-state index in [1.807, 2.05) is 12.1 Å². The van der Waals surface area contributed by atoms with Crippen molar-refractivity contribution < 1.29 is 10.2 Å². The third-order valence-electron chi connectivity index (χ3n) is 5.66. The smallest absolute Gasteiger partial charge is 0.119 e. The molecule has 2 nitrogen and oxygen atoms in total. The van der Waals surface area contributed by atoms with Gasteiger partial charge in [0.05, 0.1) is 0 Å². The van der Waals surface area contributed by atoms with Gasteiger partial charge >= 0.3 is 0 Å². The van der Waals surface area contributed by atoms with E-state index in [-0.39, 0.29) is 10.8 Å². The van der Waals surface area contributed by atoms with Crippen LogP contribution >= 0.6 is 0 Å². The highest BCUT2D eigenvalue weighted by Gasteiger charge is 2.22. The molecule has 2 rings (SSSR count). The fourth-order valence-electron chi connectivity index (χ4n) is 3.94. The maximum absolute atomic E-state index is 10.4. The number of phenolic OH excluding ortho intramolecular Hbond substituents is 2. The third-order valence-corrected chi connectivity index (χ3v) is 5.66. The van der Waals surface area contributed by atoms with E-state index in [0.717, 1.165) is 35.1 Å². The van der Waals surface area contributed by atoms with Gasteiger partial charge in [0.15, 0.2) is 0 Å². The Hall–Kier alpha value is -1.96. The summed E-state index contributed by atoms with van der Waals surface area (Å²) in [6, 6.07) is 8.19. The molecule has 0 atom stereocenters. The van der Waals surface area contributed by atoms with Gasteiger partial charge in [-0.25, -0.2) is 0 Å². The number of hydrogen-bond acceptors (Lipinski definition) is 2. The molecular weight excluding hydrogens is 344 g/mol. The van der Waals surface area contributed by atoms with Crippen LogP contribution in [0.4, 0.5) is 0 Å². The van der Waals surface area contributed by atoms with Gasteiger partial charge in [0.2, 0.25) is 0 Å². The van der Waals surface area contributed by atoms with Gasteiger partial charge in [0, 0.05) is 0 Å². The summed E-state index contributed by atoms with van der Waals surface area (Å²) < 4.78 is 0. The van der Waals surface area contributed by atoms with Gasteiger partial charge in [0.1, 0.15) is 11.5 Å². The SMILES string of the molecule is Cc1cc(O)c(C(C)(C)C)cc1CC(C)Cc1cc(C(C)(C)C)c(O)cc1C. The van der Waals surface area contributed by atoms with E-state index < -0.39 is 0 Å². The van der Waals surface area contributed by atoms with Crippen molar-refractivity contribution in [2.45, 2.75) is 86.0 Å². The molecule has 0 aliphatic heterocycles. The molecule has 0 amide bonds. The lowest BCUT2D eigenvalue weighted by Crippen LogP contribution is -2.15. The molecule has 0 saturated heterocycles. The number of aryl methyl sites for hydroxylation is 2. The standard InChI is InChI=1S/C26H38O2/c1-16(10-19-14-21(25(4,5)6)23(27)12-17(19)2)11-20-15-22(26(7,8)9)24(28)13-18(20)3/h12-16,27-28H,10-11H2,1-9H3. The van der Waals surface area contributed by atoms with E-state index in [0.29, 0.717) is 17.4 Å². The lowest BCUT2D eigenvalue weighted by molar-refractivity contribution is 0.445. The molecule has 0 bridgehead atoms. The molecule has 2 N–H and O–H groups in total. The van der Waals surface area contributed by atoms with Gasteiger partial charge < -0.3 is 10.2 Å². The van der Waals surface area contributed by atoms with Crippen molar-refractivity contribution in [2.24, 2.45) is 5.92 Å². The molecule has 28 heavy (non-hydrogen) atoms. The molecule has 0 saturated carbocycles. The number of benzene rings is 2. The van der Waals surface area contributed by atoms with Gasteiger partial charge in [-0.15, -0.1) is 0 Å². The molecule has 2 heteroatoms. The summed E-state index contributed by atoms with van der Waals surface area (Å²) in [5.41, 5.74) is 6.78. The summed E-state index contributed by atoms with van der Waals surface area (Å²) >= 11 is 0. The predicted molar refractivity (Wildman–Crippen MR) is 120 cm³/mol. The van der Waals surface area contributed by atoms with Crippen molar-refractivity contribution in [1.29, 1.82) is 0 Å². The minimum absolute atomic E-state index is 0.0784. The lowest BCUT2D eigenvalue weighted by Gasteiger charge is -2.24. The number of hydrogen-bond donors (Lipinski definition) is 2. The largest absolute Gasteiger partial charge is 0.508 e. The molecule has 0 spiro atoms. The molecule has 2 aromatic carbocycles. The molecule has 0 unspecified atom stereocenters. The Labute approximate surface area is 171 Å². The summed E-state index contributed by atoms with van der Waals surface area (Å²) in [6.45, 7) is 19.3. The van der Waals surface area contributed by atoms with Crippen LogP contribution in [0.25, 0.3) is 0 Å². The first-order chi connectivity index (χ1) is 12.7. The van der Waals surface area contributed by atoms with Crippen LogP contribution in [0, 0.1) is 19.8 Å². The minimum Gasteiger partial charge on any atom is -0.508 e. The first-order valence-corrected chi connectivity index (χ1v) is 10.4. The number of phenols is 2. The van der Waals surface area contributed by atoms with Crippen LogP contribution in [0.15, 0.2) is 24.3 Å². The first kappa shape index (κ1) is 22.3. The van der Waals surface area contributed by atoms with Crippen molar-refractivity contribution in [3.8, 4) is 11.5 Å². The Bertz CT molecular complexity index is 777. The fraction of sp³-hybridized carbons (Fsp3) is 0.538. The van der Waals surface area contributed by atoms with Gasteiger partial charge in [-0.1, -0.05) is 60.6 Å². The second-order valence-electron chi connectivity index (χ2n) is 10.6. The summed E-state index contributed by atoms with van der Waals surface area (Å²) in [4.78, 5) is 0. The Morgan fingerprint density at radius 3 is 1.29 bits per heavy atom. The molecule has 0 aromatic heterocycles. The molecule has 0 aliphatic rings. The summed E-state index contributed by atoms with van der Waals surface area (Å²) in [7, 11) is 0. The number of rotatable bonds is 4. The van der Waals surface area contributed by atoms with Crippen LogP contribution in [-0.2, 0) is 23.7 Å². The van der Waals surface area contributed by atoms with E-state index in [9.17, 15) is 10.2 Å². The Morgan fingerprint density at radius 2 is 1.00 bits per heavy atom.